The lowest BCUT2D eigenvalue weighted by Crippen LogP contribution is -2.50. The maximum Gasteiger partial charge on any atom is 0.242 e. The number of carbonyl (C=O) groups excluding carboxylic acids is 2. The van der Waals surface area contributed by atoms with Crippen molar-refractivity contribution in [3.05, 3.63) is 0 Å². The molecule has 0 bridgehead atoms. The van der Waals surface area contributed by atoms with Crippen LogP contribution in [0.25, 0.3) is 0 Å². The number of hydrogen-bond donors (Lipinski definition) is 2. The van der Waals surface area contributed by atoms with E-state index in [1.54, 1.807) is 6.92 Å². The molecule has 1 atom stereocenters. The second kappa shape index (κ2) is 6.25. The summed E-state index contributed by atoms with van der Waals surface area (Å²) in [4.78, 5) is 24.3. The first kappa shape index (κ1) is 14.8. The standard InChI is InChI=1S/C15H23N3O2/c1-11(13(19)18-12-6-7-12)17-14(20)15(10-16)8-4-2-3-5-9-15/h11-12H,2-9H2,1H3,(H,17,20)(H,18,19). The van der Waals surface area contributed by atoms with Crippen LogP contribution in [0.15, 0.2) is 0 Å². The summed E-state index contributed by atoms with van der Waals surface area (Å²) in [6.45, 7) is 1.68. The molecule has 2 saturated carbocycles. The molecule has 2 rings (SSSR count). The SMILES string of the molecule is CC(NC(=O)C1(C#N)CCCCCC1)C(=O)NC1CC1. The first-order chi connectivity index (χ1) is 9.57. The van der Waals surface area contributed by atoms with Crippen molar-refractivity contribution >= 4 is 11.8 Å². The third-order valence-electron chi connectivity index (χ3n) is 4.27. The highest BCUT2D eigenvalue weighted by molar-refractivity contribution is 5.91. The highest BCUT2D eigenvalue weighted by Gasteiger charge is 2.40. The highest BCUT2D eigenvalue weighted by Crippen LogP contribution is 2.34. The van der Waals surface area contributed by atoms with Gasteiger partial charge in [0.2, 0.25) is 11.8 Å². The molecule has 2 aliphatic rings. The Hall–Kier alpha value is -1.57. The fourth-order valence-corrected chi connectivity index (χ4v) is 2.68. The molecule has 0 aromatic rings. The Bertz CT molecular complexity index is 415. The number of nitriles is 1. The van der Waals surface area contributed by atoms with Crippen LogP contribution in [0.5, 0.6) is 0 Å². The van der Waals surface area contributed by atoms with Crippen LogP contribution in [0.4, 0.5) is 0 Å². The number of carbonyl (C=O) groups is 2. The van der Waals surface area contributed by atoms with E-state index in [0.29, 0.717) is 12.8 Å². The monoisotopic (exact) mass is 277 g/mol. The van der Waals surface area contributed by atoms with Gasteiger partial charge in [-0.3, -0.25) is 9.59 Å². The Morgan fingerprint density at radius 3 is 2.30 bits per heavy atom. The molecule has 2 fully saturated rings. The van der Waals surface area contributed by atoms with Gasteiger partial charge in [-0.15, -0.1) is 0 Å². The van der Waals surface area contributed by atoms with Gasteiger partial charge in [0.05, 0.1) is 6.07 Å². The summed E-state index contributed by atoms with van der Waals surface area (Å²) in [6, 6.07) is 1.92. The largest absolute Gasteiger partial charge is 0.352 e. The van der Waals surface area contributed by atoms with E-state index in [0.717, 1.165) is 38.5 Å². The minimum absolute atomic E-state index is 0.150. The first-order valence-corrected chi connectivity index (χ1v) is 7.60. The minimum Gasteiger partial charge on any atom is -0.352 e. The zero-order valence-electron chi connectivity index (χ0n) is 12.1. The van der Waals surface area contributed by atoms with E-state index in [1.807, 2.05) is 0 Å². The lowest BCUT2D eigenvalue weighted by Gasteiger charge is -2.25. The molecule has 2 aliphatic carbocycles. The second-order valence-corrected chi connectivity index (χ2v) is 6.09. The van der Waals surface area contributed by atoms with Gasteiger partial charge < -0.3 is 10.6 Å². The maximum absolute atomic E-state index is 12.4. The molecule has 0 spiro atoms. The smallest absolute Gasteiger partial charge is 0.242 e. The molecular weight excluding hydrogens is 254 g/mol. The molecule has 5 heteroatoms. The average Bonchev–Trinajstić information content (AvgIpc) is 3.24. The molecule has 20 heavy (non-hydrogen) atoms. The van der Waals surface area contributed by atoms with Crippen LogP contribution in [-0.4, -0.2) is 23.9 Å². The van der Waals surface area contributed by atoms with E-state index in [4.69, 9.17) is 0 Å². The normalized spacial score (nSPS) is 23.0. The van der Waals surface area contributed by atoms with Gasteiger partial charge in [0.25, 0.3) is 0 Å². The van der Waals surface area contributed by atoms with E-state index in [-0.39, 0.29) is 17.9 Å². The van der Waals surface area contributed by atoms with Crippen molar-refractivity contribution in [1.82, 2.24) is 10.6 Å². The molecule has 0 saturated heterocycles. The molecule has 1 unspecified atom stereocenters. The van der Waals surface area contributed by atoms with Crippen molar-refractivity contribution < 1.29 is 9.59 Å². The van der Waals surface area contributed by atoms with Gasteiger partial charge in [-0.1, -0.05) is 25.7 Å². The van der Waals surface area contributed by atoms with Crippen LogP contribution in [-0.2, 0) is 9.59 Å². The summed E-state index contributed by atoms with van der Waals surface area (Å²) >= 11 is 0. The van der Waals surface area contributed by atoms with Gasteiger partial charge in [-0.2, -0.15) is 5.26 Å². The lowest BCUT2D eigenvalue weighted by molar-refractivity contribution is -0.133. The Balaban J connectivity index is 1.93. The van der Waals surface area contributed by atoms with Crippen molar-refractivity contribution in [2.45, 2.75) is 70.4 Å². The zero-order valence-corrected chi connectivity index (χ0v) is 12.1. The number of nitrogens with zero attached hydrogens (tertiary/aromatic N) is 1. The van der Waals surface area contributed by atoms with Gasteiger partial charge in [-0.25, -0.2) is 0 Å². The van der Waals surface area contributed by atoms with Crippen LogP contribution in [0.3, 0.4) is 0 Å². The lowest BCUT2D eigenvalue weighted by atomic mass is 9.81. The number of hydrogen-bond acceptors (Lipinski definition) is 3. The predicted octanol–water partition coefficient (Wildman–Crippen LogP) is 1.63. The van der Waals surface area contributed by atoms with Crippen LogP contribution in [0.2, 0.25) is 0 Å². The van der Waals surface area contributed by atoms with Crippen LogP contribution < -0.4 is 10.6 Å². The number of nitrogens with one attached hydrogen (secondary N) is 2. The Morgan fingerprint density at radius 1 is 1.20 bits per heavy atom. The van der Waals surface area contributed by atoms with E-state index in [9.17, 15) is 14.9 Å². The average molecular weight is 277 g/mol. The Labute approximate surface area is 120 Å². The zero-order chi connectivity index (χ0) is 14.6. The van der Waals surface area contributed by atoms with Crippen molar-refractivity contribution in [1.29, 1.82) is 5.26 Å². The van der Waals surface area contributed by atoms with Gasteiger partial charge in [0, 0.05) is 6.04 Å². The number of amides is 2. The van der Waals surface area contributed by atoms with Gasteiger partial charge in [0.1, 0.15) is 11.5 Å². The topological polar surface area (TPSA) is 82.0 Å². The molecular formula is C15H23N3O2. The third-order valence-corrected chi connectivity index (χ3v) is 4.27. The summed E-state index contributed by atoms with van der Waals surface area (Å²) in [5.74, 6) is -0.428. The quantitative estimate of drug-likeness (QED) is 0.766. The molecule has 0 heterocycles. The van der Waals surface area contributed by atoms with Crippen molar-refractivity contribution in [3.8, 4) is 6.07 Å². The van der Waals surface area contributed by atoms with Gasteiger partial charge in [-0.05, 0) is 32.6 Å². The fourth-order valence-electron chi connectivity index (χ4n) is 2.68. The minimum atomic E-state index is -0.940. The summed E-state index contributed by atoms with van der Waals surface area (Å²) in [7, 11) is 0. The molecule has 0 aromatic carbocycles. The molecule has 0 aliphatic heterocycles. The summed E-state index contributed by atoms with van der Waals surface area (Å²) in [5.41, 5.74) is -0.940. The van der Waals surface area contributed by atoms with Gasteiger partial charge >= 0.3 is 0 Å². The highest BCUT2D eigenvalue weighted by atomic mass is 16.2. The second-order valence-electron chi connectivity index (χ2n) is 6.09. The Morgan fingerprint density at radius 2 is 1.80 bits per heavy atom. The molecule has 110 valence electrons. The molecule has 0 aromatic heterocycles. The fraction of sp³-hybridized carbons (Fsp3) is 0.800. The summed E-state index contributed by atoms with van der Waals surface area (Å²) in [6.07, 6.45) is 7.22. The van der Waals surface area contributed by atoms with Crippen molar-refractivity contribution in [3.63, 3.8) is 0 Å². The van der Waals surface area contributed by atoms with E-state index < -0.39 is 11.5 Å². The summed E-state index contributed by atoms with van der Waals surface area (Å²) in [5, 5.41) is 15.0. The molecule has 0 radical (unpaired) electrons. The van der Waals surface area contributed by atoms with Crippen molar-refractivity contribution in [2.24, 2.45) is 5.41 Å². The van der Waals surface area contributed by atoms with E-state index >= 15 is 0 Å². The van der Waals surface area contributed by atoms with E-state index in [1.165, 1.54) is 0 Å². The summed E-state index contributed by atoms with van der Waals surface area (Å²) < 4.78 is 0. The third kappa shape index (κ3) is 3.50. The first-order valence-electron chi connectivity index (χ1n) is 7.60. The molecule has 2 N–H and O–H groups in total. The van der Waals surface area contributed by atoms with Crippen LogP contribution in [0, 0.1) is 16.7 Å². The van der Waals surface area contributed by atoms with Gasteiger partial charge in [0.15, 0.2) is 0 Å². The maximum atomic E-state index is 12.4. The number of rotatable bonds is 4. The predicted molar refractivity (Wildman–Crippen MR) is 74.5 cm³/mol. The van der Waals surface area contributed by atoms with Crippen LogP contribution >= 0.6 is 0 Å². The van der Waals surface area contributed by atoms with Crippen LogP contribution in [0.1, 0.15) is 58.3 Å². The molecule has 2 amide bonds. The van der Waals surface area contributed by atoms with E-state index in [2.05, 4.69) is 16.7 Å². The Kier molecular flexibility index (Phi) is 4.64. The van der Waals surface area contributed by atoms with Crippen molar-refractivity contribution in [2.75, 3.05) is 0 Å². The molecule has 5 nitrogen and oxygen atoms in total.